The van der Waals surface area contributed by atoms with Gasteiger partial charge in [0.1, 0.15) is 0 Å². The van der Waals surface area contributed by atoms with Gasteiger partial charge in [-0.05, 0) is 35.4 Å². The molecule has 0 atom stereocenters. The average Bonchev–Trinajstić information content (AvgIpc) is 2.58. The monoisotopic (exact) mass is 320 g/mol. The zero-order valence-corrected chi connectivity index (χ0v) is 13.8. The summed E-state index contributed by atoms with van der Waals surface area (Å²) in [7, 11) is 4.04. The molecule has 2 rings (SSSR count). The maximum atomic E-state index is 10.6. The van der Waals surface area contributed by atoms with Gasteiger partial charge in [-0.1, -0.05) is 48.6 Å². The van der Waals surface area contributed by atoms with E-state index in [4.69, 9.17) is 0 Å². The third-order valence-corrected chi connectivity index (χ3v) is 3.42. The molecule has 0 saturated carbocycles. The van der Waals surface area contributed by atoms with E-state index in [1.54, 1.807) is 12.1 Å². The molecule has 0 radical (unpaired) electrons. The Labute approximate surface area is 142 Å². The van der Waals surface area contributed by atoms with Gasteiger partial charge in [0.15, 0.2) is 0 Å². The van der Waals surface area contributed by atoms with Gasteiger partial charge in [0.25, 0.3) is 5.69 Å². The first-order valence-corrected chi connectivity index (χ1v) is 7.59. The highest BCUT2D eigenvalue weighted by molar-refractivity contribution is 5.57. The highest BCUT2D eigenvalue weighted by Crippen LogP contribution is 2.14. The van der Waals surface area contributed by atoms with Gasteiger partial charge in [-0.25, -0.2) is 0 Å². The Morgan fingerprint density at radius 1 is 0.792 bits per heavy atom. The number of rotatable bonds is 6. The summed E-state index contributed by atoms with van der Waals surface area (Å²) in [5, 5.41) is 10.6. The van der Waals surface area contributed by atoms with E-state index in [0.717, 1.165) is 11.1 Å². The lowest BCUT2D eigenvalue weighted by Crippen LogP contribution is -2.07. The predicted octanol–water partition coefficient (Wildman–Crippen LogP) is 4.94. The molecule has 0 spiro atoms. The molecule has 4 heteroatoms. The van der Waals surface area contributed by atoms with E-state index in [0.29, 0.717) is 0 Å². The normalized spacial score (nSPS) is 11.6. The zero-order valence-electron chi connectivity index (χ0n) is 13.8. The summed E-state index contributed by atoms with van der Waals surface area (Å²) in [5.74, 6) is 0. The molecule has 0 aliphatic carbocycles. The summed E-state index contributed by atoms with van der Waals surface area (Å²) in [6, 6.07) is 14.8. The zero-order chi connectivity index (χ0) is 17.4. The van der Waals surface area contributed by atoms with E-state index in [1.165, 1.54) is 17.8 Å². The van der Waals surface area contributed by atoms with Gasteiger partial charge in [0, 0.05) is 31.9 Å². The molecule has 2 aromatic carbocycles. The third kappa shape index (κ3) is 5.25. The Bertz CT molecular complexity index is 755. The van der Waals surface area contributed by atoms with Crippen molar-refractivity contribution in [3.63, 3.8) is 0 Å². The average molecular weight is 320 g/mol. The summed E-state index contributed by atoms with van der Waals surface area (Å²) in [5.41, 5.74) is 3.35. The van der Waals surface area contributed by atoms with E-state index in [9.17, 15) is 10.1 Å². The van der Waals surface area contributed by atoms with E-state index in [2.05, 4.69) is 29.2 Å². The van der Waals surface area contributed by atoms with Crippen molar-refractivity contribution >= 4 is 23.5 Å². The second-order valence-electron chi connectivity index (χ2n) is 5.44. The van der Waals surface area contributed by atoms with Gasteiger partial charge < -0.3 is 4.90 Å². The lowest BCUT2D eigenvalue weighted by atomic mass is 10.2. The minimum absolute atomic E-state index is 0.103. The first-order valence-electron chi connectivity index (χ1n) is 7.59. The minimum Gasteiger partial charge on any atom is -0.378 e. The van der Waals surface area contributed by atoms with Crippen molar-refractivity contribution in [2.75, 3.05) is 19.0 Å². The van der Waals surface area contributed by atoms with E-state index in [-0.39, 0.29) is 5.69 Å². The van der Waals surface area contributed by atoms with Gasteiger partial charge >= 0.3 is 0 Å². The number of allylic oxidation sites excluding steroid dienone is 4. The molecule has 122 valence electrons. The van der Waals surface area contributed by atoms with Crippen molar-refractivity contribution in [1.82, 2.24) is 0 Å². The molecular weight excluding hydrogens is 300 g/mol. The van der Waals surface area contributed by atoms with Gasteiger partial charge in [0.05, 0.1) is 4.92 Å². The number of anilines is 1. The Morgan fingerprint density at radius 2 is 1.25 bits per heavy atom. The van der Waals surface area contributed by atoms with Crippen LogP contribution in [0.25, 0.3) is 12.2 Å². The quantitative estimate of drug-likeness (QED) is 0.430. The van der Waals surface area contributed by atoms with Crippen molar-refractivity contribution in [3.8, 4) is 0 Å². The molecule has 24 heavy (non-hydrogen) atoms. The van der Waals surface area contributed by atoms with Crippen molar-refractivity contribution in [2.24, 2.45) is 0 Å². The molecule has 0 unspecified atom stereocenters. The molecule has 0 bridgehead atoms. The first-order chi connectivity index (χ1) is 11.6. The van der Waals surface area contributed by atoms with E-state index >= 15 is 0 Å². The van der Waals surface area contributed by atoms with Crippen LogP contribution in [0, 0.1) is 10.1 Å². The Morgan fingerprint density at radius 3 is 1.67 bits per heavy atom. The molecule has 0 amide bonds. The SMILES string of the molecule is CN(C)c1ccc(C=CC=CC=Cc2ccc([N+](=O)[O-])cc2)cc1. The summed E-state index contributed by atoms with van der Waals surface area (Å²) < 4.78 is 0. The van der Waals surface area contributed by atoms with Crippen LogP contribution in [-0.4, -0.2) is 19.0 Å². The van der Waals surface area contributed by atoms with Crippen LogP contribution in [0.15, 0.2) is 72.8 Å². The van der Waals surface area contributed by atoms with Gasteiger partial charge in [-0.15, -0.1) is 0 Å². The molecule has 0 N–H and O–H groups in total. The van der Waals surface area contributed by atoms with E-state index in [1.807, 2.05) is 50.6 Å². The fraction of sp³-hybridized carbons (Fsp3) is 0.100. The maximum absolute atomic E-state index is 10.6. The van der Waals surface area contributed by atoms with Crippen LogP contribution in [0.1, 0.15) is 11.1 Å². The van der Waals surface area contributed by atoms with Crippen LogP contribution in [0.3, 0.4) is 0 Å². The van der Waals surface area contributed by atoms with Crippen LogP contribution in [0.2, 0.25) is 0 Å². The molecule has 0 heterocycles. The van der Waals surface area contributed by atoms with Crippen LogP contribution in [-0.2, 0) is 0 Å². The number of hydrogen-bond acceptors (Lipinski definition) is 3. The molecule has 0 aliphatic rings. The maximum Gasteiger partial charge on any atom is 0.269 e. The topological polar surface area (TPSA) is 46.4 Å². The first kappa shape index (κ1) is 17.2. The standard InChI is InChI=1S/C20H20N2O2/c1-21(2)19-13-9-17(10-14-19)7-5-3-4-6-8-18-11-15-20(16-12-18)22(23)24/h3-16H,1-2H3. The lowest BCUT2D eigenvalue weighted by molar-refractivity contribution is -0.384. The van der Waals surface area contributed by atoms with Crippen LogP contribution < -0.4 is 4.90 Å². The number of nitrogens with zero attached hydrogens (tertiary/aromatic N) is 2. The van der Waals surface area contributed by atoms with Crippen LogP contribution in [0.5, 0.6) is 0 Å². The van der Waals surface area contributed by atoms with Gasteiger partial charge in [-0.2, -0.15) is 0 Å². The fourth-order valence-electron chi connectivity index (χ4n) is 2.05. The number of nitro groups is 1. The van der Waals surface area contributed by atoms with Crippen LogP contribution in [0.4, 0.5) is 11.4 Å². The van der Waals surface area contributed by atoms with Gasteiger partial charge in [-0.3, -0.25) is 10.1 Å². The van der Waals surface area contributed by atoms with E-state index < -0.39 is 4.92 Å². The molecule has 0 aliphatic heterocycles. The number of non-ortho nitro benzene ring substituents is 1. The smallest absolute Gasteiger partial charge is 0.269 e. The summed E-state index contributed by atoms with van der Waals surface area (Å²) in [6.07, 6.45) is 11.7. The summed E-state index contributed by atoms with van der Waals surface area (Å²) >= 11 is 0. The fourth-order valence-corrected chi connectivity index (χ4v) is 2.05. The lowest BCUT2D eigenvalue weighted by Gasteiger charge is -2.11. The molecular formula is C20H20N2O2. The predicted molar refractivity (Wildman–Crippen MR) is 101 cm³/mol. The number of nitro benzene ring substituents is 1. The van der Waals surface area contributed by atoms with Crippen molar-refractivity contribution in [2.45, 2.75) is 0 Å². The highest BCUT2D eigenvalue weighted by atomic mass is 16.6. The molecule has 4 nitrogen and oxygen atoms in total. The Hall–Kier alpha value is -3.14. The molecule has 0 aromatic heterocycles. The third-order valence-electron chi connectivity index (χ3n) is 3.42. The summed E-state index contributed by atoms with van der Waals surface area (Å²) in [4.78, 5) is 12.2. The van der Waals surface area contributed by atoms with Crippen molar-refractivity contribution in [1.29, 1.82) is 0 Å². The van der Waals surface area contributed by atoms with Crippen molar-refractivity contribution < 1.29 is 4.92 Å². The summed E-state index contributed by atoms with van der Waals surface area (Å²) in [6.45, 7) is 0. The van der Waals surface area contributed by atoms with Crippen LogP contribution >= 0.6 is 0 Å². The minimum atomic E-state index is -0.400. The second-order valence-corrected chi connectivity index (χ2v) is 5.44. The molecule has 0 saturated heterocycles. The van der Waals surface area contributed by atoms with Gasteiger partial charge in [0.2, 0.25) is 0 Å². The highest BCUT2D eigenvalue weighted by Gasteiger charge is 2.01. The molecule has 2 aromatic rings. The number of hydrogen-bond donors (Lipinski definition) is 0. The Kier molecular flexibility index (Phi) is 6.08. The second kappa shape index (κ2) is 8.48. The van der Waals surface area contributed by atoms with Crippen molar-refractivity contribution in [3.05, 3.63) is 94.1 Å². The molecule has 0 fully saturated rings. The largest absolute Gasteiger partial charge is 0.378 e. The number of benzene rings is 2. The Balaban J connectivity index is 1.88.